The number of anilines is 1. The quantitative estimate of drug-likeness (QED) is 0.751. The average Bonchev–Trinajstić information content (AvgIpc) is 3.07. The fourth-order valence-electron chi connectivity index (χ4n) is 3.23. The molecule has 1 unspecified atom stereocenters. The Morgan fingerprint density at radius 1 is 1.37 bits per heavy atom. The molecule has 2 aromatic rings. The van der Waals surface area contributed by atoms with Gasteiger partial charge in [0.15, 0.2) is 5.13 Å². The molecule has 1 amide bonds. The first-order valence-corrected chi connectivity index (χ1v) is 10.6. The molecule has 1 aliphatic heterocycles. The molecule has 1 N–H and O–H groups in total. The van der Waals surface area contributed by atoms with Crippen molar-refractivity contribution in [1.29, 1.82) is 0 Å². The van der Waals surface area contributed by atoms with Crippen LogP contribution >= 0.6 is 11.3 Å². The molecule has 5 nitrogen and oxygen atoms in total. The van der Waals surface area contributed by atoms with Crippen LogP contribution in [0.2, 0.25) is 0 Å². The van der Waals surface area contributed by atoms with E-state index in [1.807, 2.05) is 17.5 Å². The number of nitrogens with one attached hydrogen (secondary N) is 1. The van der Waals surface area contributed by atoms with Crippen LogP contribution in [-0.4, -0.2) is 35.5 Å². The number of likely N-dealkylation sites (tertiary alicyclic amines) is 1. The van der Waals surface area contributed by atoms with Gasteiger partial charge in [-0.25, -0.2) is 4.98 Å². The molecule has 1 aromatic heterocycles. The average molecular weight is 388 g/mol. The van der Waals surface area contributed by atoms with E-state index < -0.39 is 0 Å². The predicted molar refractivity (Wildman–Crippen MR) is 111 cm³/mol. The van der Waals surface area contributed by atoms with Crippen molar-refractivity contribution in [1.82, 2.24) is 9.88 Å². The van der Waals surface area contributed by atoms with Crippen molar-refractivity contribution in [3.63, 3.8) is 0 Å². The summed E-state index contributed by atoms with van der Waals surface area (Å²) >= 11 is 1.48. The third-order valence-corrected chi connectivity index (χ3v) is 5.41. The molecule has 27 heavy (non-hydrogen) atoms. The second-order valence-electron chi connectivity index (χ2n) is 7.81. The summed E-state index contributed by atoms with van der Waals surface area (Å²) in [6.07, 6.45) is 2.57. The lowest BCUT2D eigenvalue weighted by atomic mass is 10.0. The number of rotatable bonds is 7. The highest BCUT2D eigenvalue weighted by Crippen LogP contribution is 2.22. The Balaban J connectivity index is 1.52. The Hall–Kier alpha value is -1.92. The number of amides is 1. The van der Waals surface area contributed by atoms with Gasteiger partial charge in [-0.05, 0) is 55.5 Å². The SMILES string of the molecule is CC(C)COc1ccc(C(=O)Nc2nc(CN3CCCC(C)C3)cs2)cc1. The summed E-state index contributed by atoms with van der Waals surface area (Å²) < 4.78 is 5.66. The Labute approximate surface area is 165 Å². The van der Waals surface area contributed by atoms with E-state index in [2.05, 4.69) is 36.0 Å². The van der Waals surface area contributed by atoms with Gasteiger partial charge in [-0.1, -0.05) is 20.8 Å². The third kappa shape index (κ3) is 6.04. The zero-order valence-electron chi connectivity index (χ0n) is 16.4. The number of thiazole rings is 1. The minimum atomic E-state index is -0.141. The fraction of sp³-hybridized carbons (Fsp3) is 0.524. The summed E-state index contributed by atoms with van der Waals surface area (Å²) in [6.45, 7) is 10.3. The van der Waals surface area contributed by atoms with Crippen molar-refractivity contribution in [3.8, 4) is 5.75 Å². The molecule has 2 heterocycles. The number of hydrogen-bond acceptors (Lipinski definition) is 5. The topological polar surface area (TPSA) is 54.5 Å². The predicted octanol–water partition coefficient (Wildman–Crippen LogP) is 4.66. The number of nitrogens with zero attached hydrogens (tertiary/aromatic N) is 2. The van der Waals surface area contributed by atoms with Crippen molar-refractivity contribution in [2.75, 3.05) is 25.0 Å². The first kappa shape index (κ1) is 19.8. The van der Waals surface area contributed by atoms with E-state index in [9.17, 15) is 4.79 Å². The Kier molecular flexibility index (Phi) is 6.85. The van der Waals surface area contributed by atoms with E-state index in [4.69, 9.17) is 4.74 Å². The third-order valence-electron chi connectivity index (χ3n) is 4.60. The highest BCUT2D eigenvalue weighted by Gasteiger charge is 2.17. The largest absolute Gasteiger partial charge is 0.493 e. The van der Waals surface area contributed by atoms with E-state index in [1.54, 1.807) is 12.1 Å². The van der Waals surface area contributed by atoms with Crippen molar-refractivity contribution in [2.24, 2.45) is 11.8 Å². The van der Waals surface area contributed by atoms with Crippen molar-refractivity contribution < 1.29 is 9.53 Å². The Bertz CT molecular complexity index is 742. The van der Waals surface area contributed by atoms with Crippen LogP contribution in [0, 0.1) is 11.8 Å². The Morgan fingerprint density at radius 2 is 2.15 bits per heavy atom. The first-order valence-electron chi connectivity index (χ1n) is 9.70. The van der Waals surface area contributed by atoms with Gasteiger partial charge in [0.2, 0.25) is 0 Å². The zero-order valence-corrected chi connectivity index (χ0v) is 17.2. The van der Waals surface area contributed by atoms with Crippen LogP contribution < -0.4 is 10.1 Å². The Morgan fingerprint density at radius 3 is 2.85 bits per heavy atom. The molecule has 3 rings (SSSR count). The lowest BCUT2D eigenvalue weighted by molar-refractivity contribution is 0.102. The smallest absolute Gasteiger partial charge is 0.257 e. The summed E-state index contributed by atoms with van der Waals surface area (Å²) in [4.78, 5) is 19.5. The molecule has 1 atom stereocenters. The second-order valence-corrected chi connectivity index (χ2v) is 8.67. The monoisotopic (exact) mass is 387 g/mol. The summed E-state index contributed by atoms with van der Waals surface area (Å²) in [7, 11) is 0. The van der Waals surface area contributed by atoms with Gasteiger partial charge < -0.3 is 4.74 Å². The van der Waals surface area contributed by atoms with E-state index in [0.717, 1.165) is 37.0 Å². The van der Waals surface area contributed by atoms with Gasteiger partial charge in [0.25, 0.3) is 5.91 Å². The molecule has 1 saturated heterocycles. The molecule has 1 fully saturated rings. The van der Waals surface area contributed by atoms with Crippen LogP contribution in [0.25, 0.3) is 0 Å². The minimum Gasteiger partial charge on any atom is -0.493 e. The molecular formula is C21H29N3O2S. The van der Waals surface area contributed by atoms with Crippen molar-refractivity contribution in [2.45, 2.75) is 40.2 Å². The van der Waals surface area contributed by atoms with Crippen molar-refractivity contribution >= 4 is 22.4 Å². The van der Waals surface area contributed by atoms with Crippen LogP contribution in [0.4, 0.5) is 5.13 Å². The van der Waals surface area contributed by atoms with E-state index in [-0.39, 0.29) is 5.91 Å². The van der Waals surface area contributed by atoms with Gasteiger partial charge in [0.1, 0.15) is 5.75 Å². The van der Waals surface area contributed by atoms with Crippen molar-refractivity contribution in [3.05, 3.63) is 40.9 Å². The number of carbonyl (C=O) groups excluding carboxylic acids is 1. The van der Waals surface area contributed by atoms with Crippen LogP contribution in [0.1, 0.15) is 49.7 Å². The molecule has 0 saturated carbocycles. The molecule has 1 aliphatic rings. The van der Waals surface area contributed by atoms with Gasteiger partial charge in [-0.15, -0.1) is 11.3 Å². The van der Waals surface area contributed by atoms with E-state index in [0.29, 0.717) is 23.2 Å². The molecular weight excluding hydrogens is 358 g/mol. The maximum atomic E-state index is 12.4. The van der Waals surface area contributed by atoms with Gasteiger partial charge >= 0.3 is 0 Å². The van der Waals surface area contributed by atoms with Gasteiger partial charge in [0, 0.05) is 24.0 Å². The van der Waals surface area contributed by atoms with Gasteiger partial charge in [-0.3, -0.25) is 15.0 Å². The molecule has 0 spiro atoms. The minimum absolute atomic E-state index is 0.141. The van der Waals surface area contributed by atoms with E-state index in [1.165, 1.54) is 24.2 Å². The number of hydrogen-bond donors (Lipinski definition) is 1. The summed E-state index contributed by atoms with van der Waals surface area (Å²) in [5.74, 6) is 1.87. The number of aromatic nitrogens is 1. The zero-order chi connectivity index (χ0) is 19.2. The van der Waals surface area contributed by atoms with Crippen LogP contribution in [-0.2, 0) is 6.54 Å². The summed E-state index contributed by atoms with van der Waals surface area (Å²) in [5, 5.41) is 5.60. The normalized spacial score (nSPS) is 17.9. The lowest BCUT2D eigenvalue weighted by Crippen LogP contribution is -2.33. The maximum Gasteiger partial charge on any atom is 0.257 e. The number of ether oxygens (including phenoxy) is 1. The number of carbonyl (C=O) groups is 1. The molecule has 0 aliphatic carbocycles. The number of piperidine rings is 1. The van der Waals surface area contributed by atoms with Gasteiger partial charge in [0.05, 0.1) is 12.3 Å². The van der Waals surface area contributed by atoms with Gasteiger partial charge in [-0.2, -0.15) is 0 Å². The highest BCUT2D eigenvalue weighted by molar-refractivity contribution is 7.13. The van der Waals surface area contributed by atoms with Crippen LogP contribution in [0.5, 0.6) is 5.75 Å². The molecule has 146 valence electrons. The van der Waals surface area contributed by atoms with Crippen LogP contribution in [0.15, 0.2) is 29.6 Å². The second kappa shape index (κ2) is 9.33. The highest BCUT2D eigenvalue weighted by atomic mass is 32.1. The van der Waals surface area contributed by atoms with E-state index >= 15 is 0 Å². The maximum absolute atomic E-state index is 12.4. The molecule has 0 radical (unpaired) electrons. The lowest BCUT2D eigenvalue weighted by Gasteiger charge is -2.30. The fourth-order valence-corrected chi connectivity index (χ4v) is 3.93. The van der Waals surface area contributed by atoms with Crippen LogP contribution in [0.3, 0.4) is 0 Å². The first-order chi connectivity index (χ1) is 13.0. The standard InChI is InChI=1S/C21H29N3O2S/c1-15(2)13-26-19-8-6-17(7-9-19)20(25)23-21-22-18(14-27-21)12-24-10-4-5-16(3)11-24/h6-9,14-16H,4-5,10-13H2,1-3H3,(H,22,23,25). The molecule has 1 aromatic carbocycles. The summed E-state index contributed by atoms with van der Waals surface area (Å²) in [6, 6.07) is 7.24. The number of benzene rings is 1. The summed E-state index contributed by atoms with van der Waals surface area (Å²) in [5.41, 5.74) is 1.63. The molecule has 6 heteroatoms. The molecule has 0 bridgehead atoms.